The summed E-state index contributed by atoms with van der Waals surface area (Å²) in [6.07, 6.45) is 4.16. The van der Waals surface area contributed by atoms with Gasteiger partial charge in [-0.2, -0.15) is 0 Å². The molecule has 0 radical (unpaired) electrons. The van der Waals surface area contributed by atoms with Crippen molar-refractivity contribution in [2.45, 2.75) is 26.8 Å². The van der Waals surface area contributed by atoms with Gasteiger partial charge in [0.1, 0.15) is 5.01 Å². The van der Waals surface area contributed by atoms with Crippen LogP contribution < -0.4 is 16.0 Å². The van der Waals surface area contributed by atoms with E-state index >= 15 is 0 Å². The molecular weight excluding hydrogens is 453 g/mol. The molecule has 0 bridgehead atoms. The molecule has 0 aliphatic heterocycles. The van der Waals surface area contributed by atoms with Crippen LogP contribution in [0, 0.1) is 13.8 Å². The topological polar surface area (TPSA) is 91.5 Å². The van der Waals surface area contributed by atoms with E-state index in [9.17, 15) is 4.79 Å². The van der Waals surface area contributed by atoms with Crippen LogP contribution in [0.2, 0.25) is 0 Å². The highest BCUT2D eigenvalue weighted by Crippen LogP contribution is 2.10. The Morgan fingerprint density at radius 2 is 2.04 bits per heavy atom. The number of aromatic nitrogens is 1. The van der Waals surface area contributed by atoms with Gasteiger partial charge in [-0.15, -0.1) is 35.3 Å². The summed E-state index contributed by atoms with van der Waals surface area (Å²) in [6, 6.07) is 1.77. The van der Waals surface area contributed by atoms with E-state index in [-0.39, 0.29) is 29.9 Å². The number of aliphatic imine (C=N–C) groups is 1. The zero-order chi connectivity index (χ0) is 17.4. The Morgan fingerprint density at radius 1 is 1.28 bits per heavy atom. The minimum Gasteiger partial charge on any atom is -0.459 e. The van der Waals surface area contributed by atoms with Gasteiger partial charge in [-0.3, -0.25) is 9.79 Å². The highest BCUT2D eigenvalue weighted by molar-refractivity contribution is 14.0. The molecule has 0 fully saturated rings. The molecule has 2 rings (SSSR count). The van der Waals surface area contributed by atoms with E-state index in [0.29, 0.717) is 25.4 Å². The third-order valence-electron chi connectivity index (χ3n) is 3.30. The number of carbonyl (C=O) groups excluding carboxylic acids is 1. The minimum atomic E-state index is -0.181. The van der Waals surface area contributed by atoms with Crippen molar-refractivity contribution in [3.05, 3.63) is 39.7 Å². The van der Waals surface area contributed by atoms with Gasteiger partial charge in [0.2, 0.25) is 0 Å². The summed E-state index contributed by atoms with van der Waals surface area (Å²) in [5, 5.41) is 10.3. The van der Waals surface area contributed by atoms with Crippen molar-refractivity contribution in [3.8, 4) is 0 Å². The molecular formula is C16H24IN5O2S. The van der Waals surface area contributed by atoms with Gasteiger partial charge in [-0.1, -0.05) is 0 Å². The second-order valence-corrected chi connectivity index (χ2v) is 6.58. The van der Waals surface area contributed by atoms with E-state index in [1.54, 1.807) is 24.5 Å². The average molecular weight is 477 g/mol. The normalized spacial score (nSPS) is 10.9. The number of hydrogen-bond acceptors (Lipinski definition) is 5. The van der Waals surface area contributed by atoms with Crippen molar-refractivity contribution in [1.29, 1.82) is 0 Å². The Kier molecular flexibility index (Phi) is 9.50. The van der Waals surface area contributed by atoms with Crippen molar-refractivity contribution in [1.82, 2.24) is 20.9 Å². The molecule has 0 spiro atoms. The number of amides is 1. The first-order valence-electron chi connectivity index (χ1n) is 7.78. The van der Waals surface area contributed by atoms with Crippen LogP contribution in [0.3, 0.4) is 0 Å². The summed E-state index contributed by atoms with van der Waals surface area (Å²) in [5.74, 6) is 0.911. The third kappa shape index (κ3) is 7.02. The number of nitrogens with zero attached hydrogens (tertiary/aromatic N) is 2. The second-order valence-electron chi connectivity index (χ2n) is 5.26. The van der Waals surface area contributed by atoms with E-state index in [1.165, 1.54) is 11.1 Å². The summed E-state index contributed by atoms with van der Waals surface area (Å²) in [4.78, 5) is 21.5. The Labute approximate surface area is 168 Å². The number of nitrogens with one attached hydrogen (secondary N) is 3. The van der Waals surface area contributed by atoms with Crippen LogP contribution >= 0.6 is 35.3 Å². The number of halogens is 1. The third-order valence-corrected chi connectivity index (χ3v) is 4.21. The largest absolute Gasteiger partial charge is 0.459 e. The van der Waals surface area contributed by atoms with Crippen LogP contribution in [0.15, 0.2) is 27.9 Å². The van der Waals surface area contributed by atoms with Gasteiger partial charge in [0.15, 0.2) is 11.7 Å². The van der Waals surface area contributed by atoms with Crippen LogP contribution in [0.25, 0.3) is 0 Å². The first-order chi connectivity index (χ1) is 11.6. The Bertz CT molecular complexity index is 698. The summed E-state index contributed by atoms with van der Waals surface area (Å²) < 4.78 is 5.15. The minimum absolute atomic E-state index is 0. The first kappa shape index (κ1) is 21.4. The number of carbonyl (C=O) groups is 1. The molecule has 0 saturated carbocycles. The molecule has 138 valence electrons. The van der Waals surface area contributed by atoms with Crippen molar-refractivity contribution in [3.63, 3.8) is 0 Å². The Hall–Kier alpha value is -1.62. The Balaban J connectivity index is 0.00000312. The maximum Gasteiger partial charge on any atom is 0.287 e. The summed E-state index contributed by atoms with van der Waals surface area (Å²) >= 11 is 1.66. The van der Waals surface area contributed by atoms with Crippen molar-refractivity contribution >= 4 is 47.2 Å². The predicted molar refractivity (Wildman–Crippen MR) is 111 cm³/mol. The Morgan fingerprint density at radius 3 is 2.64 bits per heavy atom. The number of hydrogen-bond donors (Lipinski definition) is 3. The quantitative estimate of drug-likeness (QED) is 0.247. The fourth-order valence-corrected chi connectivity index (χ4v) is 2.77. The van der Waals surface area contributed by atoms with E-state index < -0.39 is 0 Å². The highest BCUT2D eigenvalue weighted by Gasteiger charge is 2.11. The lowest BCUT2D eigenvalue weighted by molar-refractivity contribution is 0.0925. The van der Waals surface area contributed by atoms with Crippen LogP contribution in [-0.4, -0.2) is 37.0 Å². The monoisotopic (exact) mass is 477 g/mol. The molecule has 9 heteroatoms. The molecule has 0 aromatic carbocycles. The fraction of sp³-hybridized carbons (Fsp3) is 0.438. The maximum absolute atomic E-state index is 11.9. The molecule has 2 aromatic rings. The molecule has 2 aromatic heterocycles. The van der Waals surface area contributed by atoms with Crippen LogP contribution in [0.4, 0.5) is 0 Å². The van der Waals surface area contributed by atoms with Gasteiger partial charge < -0.3 is 20.4 Å². The fourth-order valence-electron chi connectivity index (χ4n) is 2.05. The first-order valence-corrected chi connectivity index (χ1v) is 8.60. The smallest absolute Gasteiger partial charge is 0.287 e. The van der Waals surface area contributed by atoms with Gasteiger partial charge in [0, 0.05) is 36.8 Å². The van der Waals surface area contributed by atoms with E-state index in [0.717, 1.165) is 23.0 Å². The van der Waals surface area contributed by atoms with Gasteiger partial charge in [-0.05, 0) is 26.3 Å². The molecule has 3 N–H and O–H groups in total. The summed E-state index contributed by atoms with van der Waals surface area (Å²) in [6.45, 7) is 5.79. The maximum atomic E-state index is 11.9. The molecule has 1 amide bonds. The van der Waals surface area contributed by atoms with E-state index in [4.69, 9.17) is 4.42 Å². The van der Waals surface area contributed by atoms with Gasteiger partial charge in [0.25, 0.3) is 5.91 Å². The zero-order valence-corrected chi connectivity index (χ0v) is 17.7. The molecule has 0 unspecified atom stereocenters. The summed E-state index contributed by atoms with van der Waals surface area (Å²) in [7, 11) is 1.73. The second kappa shape index (κ2) is 11.1. The van der Waals surface area contributed by atoms with Crippen molar-refractivity contribution in [2.24, 2.45) is 4.99 Å². The number of guanidine groups is 1. The van der Waals surface area contributed by atoms with E-state index in [2.05, 4.69) is 25.9 Å². The average Bonchev–Trinajstić information content (AvgIpc) is 3.18. The summed E-state index contributed by atoms with van der Waals surface area (Å²) in [5.41, 5.74) is 0.840. The molecule has 0 aliphatic carbocycles. The van der Waals surface area contributed by atoms with Crippen molar-refractivity contribution in [2.75, 3.05) is 20.1 Å². The number of rotatable bonds is 7. The predicted octanol–water partition coefficient (Wildman–Crippen LogP) is 2.46. The van der Waals surface area contributed by atoms with Crippen LogP contribution in [-0.2, 0) is 6.54 Å². The molecule has 0 atom stereocenters. The highest BCUT2D eigenvalue weighted by atomic mass is 127. The van der Waals surface area contributed by atoms with Crippen molar-refractivity contribution < 1.29 is 9.21 Å². The number of thiazole rings is 1. The molecule has 0 saturated heterocycles. The lowest BCUT2D eigenvalue weighted by Gasteiger charge is -2.11. The van der Waals surface area contributed by atoms with Gasteiger partial charge in [-0.25, -0.2) is 4.98 Å². The zero-order valence-electron chi connectivity index (χ0n) is 14.6. The van der Waals surface area contributed by atoms with Gasteiger partial charge in [0.05, 0.1) is 12.8 Å². The van der Waals surface area contributed by atoms with E-state index in [1.807, 2.05) is 20.0 Å². The molecule has 25 heavy (non-hydrogen) atoms. The lowest BCUT2D eigenvalue weighted by Crippen LogP contribution is -2.38. The standard InChI is InChI=1S/C16H23N5O2S.HI/c1-11-5-8-23-14(11)15(22)18-6-4-7-19-16(17-3)21-10-13-20-9-12(2)24-13;/h5,8-9H,4,6-7,10H2,1-3H3,(H,18,22)(H2,17,19,21);1H. The van der Waals surface area contributed by atoms with Crippen LogP contribution in [0.5, 0.6) is 0 Å². The SMILES string of the molecule is CN=C(NCCCNC(=O)c1occc1C)NCc1ncc(C)s1.I. The number of aryl methyl sites for hydroxylation is 2. The number of furan rings is 1. The van der Waals surface area contributed by atoms with Crippen LogP contribution in [0.1, 0.15) is 32.4 Å². The molecule has 7 nitrogen and oxygen atoms in total. The molecule has 2 heterocycles. The lowest BCUT2D eigenvalue weighted by atomic mass is 10.2. The molecule has 0 aliphatic rings. The van der Waals surface area contributed by atoms with Gasteiger partial charge >= 0.3 is 0 Å².